The third kappa shape index (κ3) is 6.75. The number of aromatic hydroxyl groups is 2. The molecule has 5 aliphatic rings. The van der Waals surface area contributed by atoms with Crippen molar-refractivity contribution in [2.75, 3.05) is 44.2 Å². The van der Waals surface area contributed by atoms with Crippen molar-refractivity contribution in [1.29, 1.82) is 0 Å². The molecule has 4 fully saturated rings. The minimum atomic E-state index is -1.43. The Bertz CT molecular complexity index is 1900. The summed E-state index contributed by atoms with van der Waals surface area (Å²) in [5.74, 6) is -5.40. The van der Waals surface area contributed by atoms with Crippen LogP contribution in [0.15, 0.2) is 28.6 Å². The van der Waals surface area contributed by atoms with E-state index < -0.39 is 58.5 Å². The number of carbonyl (C=O) groups is 5. The number of carboxylic acid groups (broad SMARTS) is 2. The van der Waals surface area contributed by atoms with Gasteiger partial charge in [0.1, 0.15) is 33.7 Å². The Hall–Kier alpha value is -4.30. The maximum Gasteiger partial charge on any atom is 0.352 e. The molecule has 7 rings (SSSR count). The Morgan fingerprint density at radius 2 is 1.88 bits per heavy atom. The van der Waals surface area contributed by atoms with Gasteiger partial charge in [-0.25, -0.2) is 14.6 Å². The van der Waals surface area contributed by atoms with Gasteiger partial charge in [-0.3, -0.25) is 19.3 Å². The number of oxime groups is 1. The van der Waals surface area contributed by atoms with Crippen LogP contribution in [0, 0.1) is 0 Å². The van der Waals surface area contributed by atoms with E-state index in [9.17, 15) is 39.3 Å². The molecule has 4 saturated heterocycles. The highest BCUT2D eigenvalue weighted by atomic mass is 35.5. The van der Waals surface area contributed by atoms with Crippen molar-refractivity contribution < 1.29 is 53.7 Å². The number of nitrogens with zero attached hydrogens (tertiary/aromatic N) is 5. The molecule has 2 bridgehead atoms. The molecule has 5 aliphatic heterocycles. The van der Waals surface area contributed by atoms with Crippen LogP contribution >= 0.6 is 46.3 Å². The molecule has 3 atom stereocenters. The van der Waals surface area contributed by atoms with Gasteiger partial charge in [0.05, 0.1) is 36.8 Å². The number of hydrogen-bond acceptors (Lipinski definition) is 13. The van der Waals surface area contributed by atoms with Gasteiger partial charge in [-0.05, 0) is 19.1 Å². The van der Waals surface area contributed by atoms with E-state index in [1.165, 1.54) is 30.8 Å². The summed E-state index contributed by atoms with van der Waals surface area (Å²) >= 11 is 14.5. The van der Waals surface area contributed by atoms with Crippen LogP contribution < -0.4 is 11.1 Å². The van der Waals surface area contributed by atoms with E-state index in [4.69, 9.17) is 38.9 Å². The summed E-state index contributed by atoms with van der Waals surface area (Å²) in [6, 6.07) is 1.33. The number of aromatic nitrogens is 1. The molecule has 3 amide bonds. The van der Waals surface area contributed by atoms with Crippen molar-refractivity contribution in [2.24, 2.45) is 5.16 Å². The second kappa shape index (κ2) is 14.0. The first kappa shape index (κ1) is 36.5. The van der Waals surface area contributed by atoms with Crippen LogP contribution in [0.2, 0.25) is 9.36 Å². The quantitative estimate of drug-likeness (QED) is 0.0659. The second-order valence-electron chi connectivity index (χ2n) is 12.5. The zero-order valence-corrected chi connectivity index (χ0v) is 29.9. The summed E-state index contributed by atoms with van der Waals surface area (Å²) in [6.45, 7) is 3.70. The molecule has 0 spiro atoms. The van der Waals surface area contributed by atoms with Crippen LogP contribution in [-0.4, -0.2) is 137 Å². The summed E-state index contributed by atoms with van der Waals surface area (Å²) in [7, 11) is 0. The molecular formula is C30H32Cl2N7O10S2+. The number of halogens is 2. The van der Waals surface area contributed by atoms with Crippen molar-refractivity contribution in [3.05, 3.63) is 44.0 Å². The maximum absolute atomic E-state index is 13.5. The van der Waals surface area contributed by atoms with Crippen LogP contribution in [0.3, 0.4) is 0 Å². The summed E-state index contributed by atoms with van der Waals surface area (Å²) in [6.07, 6.45) is -0.150. The molecule has 51 heavy (non-hydrogen) atoms. The van der Waals surface area contributed by atoms with Gasteiger partial charge in [-0.2, -0.15) is 0 Å². The Morgan fingerprint density at radius 1 is 1.18 bits per heavy atom. The average molecular weight is 786 g/mol. The van der Waals surface area contributed by atoms with Crippen LogP contribution in [0.4, 0.5) is 5.13 Å². The largest absolute Gasteiger partial charge is 0.504 e. The minimum Gasteiger partial charge on any atom is -0.504 e. The third-order valence-electron chi connectivity index (χ3n) is 9.47. The van der Waals surface area contributed by atoms with Crippen molar-refractivity contribution in [3.63, 3.8) is 0 Å². The molecular weight excluding hydrogens is 753 g/mol. The third-order valence-corrected chi connectivity index (χ3v) is 12.3. The molecule has 6 heterocycles. The lowest BCUT2D eigenvalue weighted by Gasteiger charge is -2.50. The van der Waals surface area contributed by atoms with E-state index in [0.29, 0.717) is 55.6 Å². The number of amides is 3. The fourth-order valence-corrected chi connectivity index (χ4v) is 9.27. The lowest BCUT2D eigenvalue weighted by molar-refractivity contribution is -0.924. The topological polar surface area (TPSA) is 245 Å². The lowest BCUT2D eigenvalue weighted by atomic mass is 9.99. The maximum atomic E-state index is 13.5. The van der Waals surface area contributed by atoms with Crippen LogP contribution in [-0.2, 0) is 24.0 Å². The molecule has 1 aromatic carbocycles. The SMILES string of the molecule is C[C@H](O/N=C(\C(=O)N[C@@H]1C(=O)N2C(C(=O)O)=C(C[N+]34CCC(CC3)N(C(=O)c3ccc(O)c(O)c3Cl)CC4)CS[C@H]12)c1nc(N)sc1Cl)C(=O)O. The van der Waals surface area contributed by atoms with E-state index in [0.717, 1.165) is 16.2 Å². The number of hydrogen-bond donors (Lipinski definition) is 6. The average Bonchev–Trinajstić information content (AvgIpc) is 3.22. The van der Waals surface area contributed by atoms with E-state index in [1.54, 1.807) is 4.90 Å². The number of benzene rings is 1. The highest BCUT2D eigenvalue weighted by molar-refractivity contribution is 8.00. The van der Waals surface area contributed by atoms with Gasteiger partial charge < -0.3 is 45.7 Å². The number of β-lactam (4-membered cyclic amide) rings is 1. The van der Waals surface area contributed by atoms with Crippen LogP contribution in [0.1, 0.15) is 35.8 Å². The normalized spacial score (nSPS) is 25.1. The summed E-state index contributed by atoms with van der Waals surface area (Å²) < 4.78 is 0.476. The predicted molar refractivity (Wildman–Crippen MR) is 185 cm³/mol. The summed E-state index contributed by atoms with van der Waals surface area (Å²) in [5, 5.41) is 44.6. The highest BCUT2D eigenvalue weighted by Gasteiger charge is 2.55. The monoisotopic (exact) mass is 784 g/mol. The number of rotatable bonds is 10. The fourth-order valence-electron chi connectivity index (χ4n) is 6.77. The van der Waals surface area contributed by atoms with Crippen molar-refractivity contribution >= 4 is 86.8 Å². The number of piperidine rings is 1. The number of anilines is 1. The van der Waals surface area contributed by atoms with Crippen molar-refractivity contribution in [2.45, 2.75) is 43.3 Å². The first-order valence-corrected chi connectivity index (χ1v) is 18.2. The van der Waals surface area contributed by atoms with Crippen molar-refractivity contribution in [1.82, 2.24) is 20.1 Å². The number of carbonyl (C=O) groups excluding carboxylic acids is 3. The van der Waals surface area contributed by atoms with E-state index in [1.807, 2.05) is 0 Å². The highest BCUT2D eigenvalue weighted by Crippen LogP contribution is 2.42. The number of quaternary nitrogens is 1. The number of nitrogens with one attached hydrogen (secondary N) is 1. The molecule has 0 radical (unpaired) electrons. The van der Waals surface area contributed by atoms with Gasteiger partial charge in [0.25, 0.3) is 17.7 Å². The Kier molecular flexibility index (Phi) is 10.0. The molecule has 0 aliphatic carbocycles. The second-order valence-corrected chi connectivity index (χ2v) is 15.6. The minimum absolute atomic E-state index is 0.000593. The molecule has 17 nitrogen and oxygen atoms in total. The molecule has 0 unspecified atom stereocenters. The fraction of sp³-hybridized carbons (Fsp3) is 0.433. The molecule has 21 heteroatoms. The Morgan fingerprint density at radius 3 is 2.51 bits per heavy atom. The molecule has 0 saturated carbocycles. The zero-order valence-electron chi connectivity index (χ0n) is 26.7. The van der Waals surface area contributed by atoms with E-state index in [2.05, 4.69) is 15.5 Å². The zero-order chi connectivity index (χ0) is 36.9. The number of aliphatic carboxylic acids is 2. The number of phenolic OH excluding ortho intramolecular Hbond substituents is 2. The number of thioether (sulfide) groups is 1. The predicted octanol–water partition coefficient (Wildman–Crippen LogP) is 1.51. The number of fused-ring (bicyclic) bond motifs is 5. The van der Waals surface area contributed by atoms with Crippen LogP contribution in [0.25, 0.3) is 0 Å². The van der Waals surface area contributed by atoms with Crippen LogP contribution in [0.5, 0.6) is 11.5 Å². The Labute approximate surface area is 307 Å². The molecule has 2 aromatic rings. The van der Waals surface area contributed by atoms with Gasteiger partial charge in [-0.15, -0.1) is 11.8 Å². The molecule has 272 valence electrons. The lowest BCUT2D eigenvalue weighted by Crippen LogP contribution is -2.71. The van der Waals surface area contributed by atoms with Gasteiger partial charge in [-0.1, -0.05) is 39.7 Å². The molecule has 7 N–H and O–H groups in total. The molecule has 1 aromatic heterocycles. The van der Waals surface area contributed by atoms with Gasteiger partial charge >= 0.3 is 11.9 Å². The smallest absolute Gasteiger partial charge is 0.352 e. The van der Waals surface area contributed by atoms with Crippen molar-refractivity contribution in [3.8, 4) is 11.5 Å². The number of carboxylic acids is 2. The van der Waals surface area contributed by atoms with Gasteiger partial charge in [0, 0.05) is 30.2 Å². The summed E-state index contributed by atoms with van der Waals surface area (Å²) in [4.78, 5) is 76.2. The van der Waals surface area contributed by atoms with E-state index >= 15 is 0 Å². The van der Waals surface area contributed by atoms with Gasteiger partial charge in [0.15, 0.2) is 22.3 Å². The number of phenols is 2. The first-order valence-electron chi connectivity index (χ1n) is 15.6. The summed E-state index contributed by atoms with van der Waals surface area (Å²) in [5.41, 5.74) is 5.49. The number of thiazole rings is 1. The van der Waals surface area contributed by atoms with E-state index in [-0.39, 0.29) is 49.1 Å². The number of nitrogens with two attached hydrogens (primary N) is 1. The number of nitrogen functional groups attached to an aromatic ring is 1. The standard InChI is InChI=1S/C30H31Cl2N7O10S2/c1-12(28(45)46)49-36-19(18-23(32)51-30(33)35-18)24(42)34-20-26(44)38-21(29(47)48)13(11-50-27(20)38)10-39-7-4-14(5-8-39)37(6-9-39)25(43)15-2-3-16(40)22(41)17(15)31/h2-3,12,14,20,27H,4-11H2,1H3,(H6-,33,34,35,36,40,41,42,43,45,46,47,48)/p+1/t12-,14?,20+,27+,39?/m0/s1. The Balaban J connectivity index is 1.18. The first-order chi connectivity index (χ1) is 24.1. The van der Waals surface area contributed by atoms with Gasteiger partial charge in [0.2, 0.25) is 6.10 Å².